The van der Waals surface area contributed by atoms with Crippen molar-refractivity contribution in [3.8, 4) is 0 Å². The van der Waals surface area contributed by atoms with Gasteiger partial charge in [0.2, 0.25) is 5.91 Å². The fraction of sp³-hybridized carbons (Fsp3) is 0.533. The number of likely N-dealkylation sites (N-methyl/N-ethyl adjacent to an activating group) is 1. The zero-order valence-electron chi connectivity index (χ0n) is 11.4. The van der Waals surface area contributed by atoms with E-state index in [0.29, 0.717) is 12.5 Å². The lowest BCUT2D eigenvalue weighted by Gasteiger charge is -2.30. The second kappa shape index (κ2) is 5.53. The first kappa shape index (κ1) is 13.1. The zero-order chi connectivity index (χ0) is 13.1. The van der Waals surface area contributed by atoms with Gasteiger partial charge in [0.15, 0.2) is 0 Å². The molecule has 3 heteroatoms. The van der Waals surface area contributed by atoms with Crippen molar-refractivity contribution in [2.75, 3.05) is 14.1 Å². The molecule has 0 spiro atoms. The summed E-state index contributed by atoms with van der Waals surface area (Å²) in [4.78, 5) is 13.8. The van der Waals surface area contributed by atoms with Gasteiger partial charge in [-0.3, -0.25) is 9.69 Å². The van der Waals surface area contributed by atoms with E-state index in [-0.39, 0.29) is 11.9 Å². The Morgan fingerprint density at radius 1 is 1.39 bits per heavy atom. The molecule has 0 saturated carbocycles. The zero-order valence-corrected chi connectivity index (χ0v) is 11.4. The number of nitrogens with zero attached hydrogens (tertiary/aromatic N) is 1. The van der Waals surface area contributed by atoms with Crippen LogP contribution in [0, 0.1) is 0 Å². The number of nitrogens with one attached hydrogen (secondary N) is 1. The lowest BCUT2D eigenvalue weighted by Crippen LogP contribution is -2.41. The monoisotopic (exact) mass is 246 g/mol. The van der Waals surface area contributed by atoms with Crippen LogP contribution >= 0.6 is 0 Å². The molecule has 1 N–H and O–H groups in total. The maximum Gasteiger partial charge on any atom is 0.221 e. The Morgan fingerprint density at radius 2 is 1.94 bits per heavy atom. The fourth-order valence-electron chi connectivity index (χ4n) is 2.70. The summed E-state index contributed by atoms with van der Waals surface area (Å²) in [6, 6.07) is 9.45. The number of hydrogen-bond acceptors (Lipinski definition) is 2. The molecule has 0 radical (unpaired) electrons. The van der Waals surface area contributed by atoms with Crippen LogP contribution in [0.25, 0.3) is 0 Å². The fourth-order valence-corrected chi connectivity index (χ4v) is 2.70. The highest BCUT2D eigenvalue weighted by molar-refractivity contribution is 5.76. The molecule has 0 bridgehead atoms. The molecule has 1 aliphatic carbocycles. The molecular weight excluding hydrogens is 224 g/mol. The quantitative estimate of drug-likeness (QED) is 0.875. The Hall–Kier alpha value is -1.35. The molecule has 98 valence electrons. The van der Waals surface area contributed by atoms with E-state index in [2.05, 4.69) is 48.5 Å². The van der Waals surface area contributed by atoms with Crippen molar-refractivity contribution < 1.29 is 4.79 Å². The van der Waals surface area contributed by atoms with Crippen molar-refractivity contribution in [1.82, 2.24) is 10.2 Å². The number of hydrogen-bond donors (Lipinski definition) is 1. The average Bonchev–Trinajstić information content (AvgIpc) is 2.81. The molecule has 3 nitrogen and oxygen atoms in total. The van der Waals surface area contributed by atoms with Crippen molar-refractivity contribution in [3.05, 3.63) is 35.4 Å². The number of benzene rings is 1. The molecular formula is C15H22N2O. The average molecular weight is 246 g/mol. The van der Waals surface area contributed by atoms with Gasteiger partial charge in [-0.15, -0.1) is 0 Å². The summed E-state index contributed by atoms with van der Waals surface area (Å²) in [6.45, 7) is 2.12. The van der Waals surface area contributed by atoms with Gasteiger partial charge in [0.1, 0.15) is 0 Å². The summed E-state index contributed by atoms with van der Waals surface area (Å²) in [5.74, 6) is 0.116. The van der Waals surface area contributed by atoms with E-state index in [0.717, 1.165) is 12.8 Å². The minimum Gasteiger partial charge on any atom is -0.359 e. The first-order chi connectivity index (χ1) is 8.61. The summed E-state index contributed by atoms with van der Waals surface area (Å²) in [6.07, 6.45) is 2.77. The molecule has 1 atom stereocenters. The predicted molar refractivity (Wildman–Crippen MR) is 73.5 cm³/mol. The maximum atomic E-state index is 11.4. The number of carbonyl (C=O) groups is 1. The molecule has 0 heterocycles. The van der Waals surface area contributed by atoms with Crippen LogP contribution in [0.3, 0.4) is 0 Å². The third kappa shape index (κ3) is 2.72. The van der Waals surface area contributed by atoms with E-state index >= 15 is 0 Å². The third-order valence-electron chi connectivity index (χ3n) is 4.06. The maximum absolute atomic E-state index is 11.4. The number of carbonyl (C=O) groups excluding carboxylic acids is 1. The van der Waals surface area contributed by atoms with Gasteiger partial charge in [0.25, 0.3) is 0 Å². The number of rotatable bonds is 4. The van der Waals surface area contributed by atoms with Crippen molar-refractivity contribution >= 4 is 5.91 Å². The molecule has 1 aliphatic rings. The van der Waals surface area contributed by atoms with Crippen molar-refractivity contribution in [2.45, 2.75) is 38.3 Å². The largest absolute Gasteiger partial charge is 0.359 e. The van der Waals surface area contributed by atoms with Crippen molar-refractivity contribution in [1.29, 1.82) is 0 Å². The lowest BCUT2D eigenvalue weighted by atomic mass is 10.1. The van der Waals surface area contributed by atoms with Gasteiger partial charge in [0.05, 0.1) is 0 Å². The molecule has 0 aliphatic heterocycles. The minimum atomic E-state index is 0.116. The summed E-state index contributed by atoms with van der Waals surface area (Å²) in [5.41, 5.74) is 2.92. The Labute approximate surface area is 109 Å². The smallest absolute Gasteiger partial charge is 0.221 e. The van der Waals surface area contributed by atoms with Crippen molar-refractivity contribution in [3.63, 3.8) is 0 Å². The van der Waals surface area contributed by atoms with Crippen LogP contribution in [-0.4, -0.2) is 37.0 Å². The van der Waals surface area contributed by atoms with Gasteiger partial charge in [0, 0.05) is 25.6 Å². The molecule has 0 fully saturated rings. The molecule has 1 aromatic carbocycles. The van der Waals surface area contributed by atoms with Crippen LogP contribution in [0.1, 0.15) is 24.5 Å². The Morgan fingerprint density at radius 3 is 2.44 bits per heavy atom. The van der Waals surface area contributed by atoms with E-state index in [1.165, 1.54) is 11.1 Å². The summed E-state index contributed by atoms with van der Waals surface area (Å²) >= 11 is 0. The van der Waals surface area contributed by atoms with Gasteiger partial charge >= 0.3 is 0 Å². The van der Waals surface area contributed by atoms with Gasteiger partial charge < -0.3 is 5.32 Å². The molecule has 1 amide bonds. The van der Waals surface area contributed by atoms with Crippen LogP contribution < -0.4 is 5.32 Å². The SMILES string of the molecule is CNC(=O)CC(C)N(C)C1Cc2ccccc2C1. The topological polar surface area (TPSA) is 32.3 Å². The van der Waals surface area contributed by atoms with E-state index in [1.54, 1.807) is 7.05 Å². The van der Waals surface area contributed by atoms with Crippen LogP contribution in [0.4, 0.5) is 0 Å². The normalized spacial score (nSPS) is 16.7. The minimum absolute atomic E-state index is 0.116. The first-order valence-corrected chi connectivity index (χ1v) is 6.61. The second-order valence-corrected chi connectivity index (χ2v) is 5.22. The van der Waals surface area contributed by atoms with Crippen LogP contribution in [-0.2, 0) is 17.6 Å². The van der Waals surface area contributed by atoms with E-state index in [9.17, 15) is 4.79 Å². The molecule has 0 aromatic heterocycles. The molecule has 2 rings (SSSR count). The summed E-state index contributed by atoms with van der Waals surface area (Å²) in [5, 5.41) is 2.69. The first-order valence-electron chi connectivity index (χ1n) is 6.61. The third-order valence-corrected chi connectivity index (χ3v) is 4.06. The van der Waals surface area contributed by atoms with Crippen LogP contribution in [0.15, 0.2) is 24.3 Å². The molecule has 1 unspecified atom stereocenters. The predicted octanol–water partition coefficient (Wildman–Crippen LogP) is 1.61. The Kier molecular flexibility index (Phi) is 4.02. The molecule has 18 heavy (non-hydrogen) atoms. The van der Waals surface area contributed by atoms with Gasteiger partial charge in [-0.2, -0.15) is 0 Å². The van der Waals surface area contributed by atoms with Gasteiger partial charge in [-0.05, 0) is 37.9 Å². The highest BCUT2D eigenvalue weighted by Gasteiger charge is 2.27. The second-order valence-electron chi connectivity index (χ2n) is 5.22. The van der Waals surface area contributed by atoms with Crippen LogP contribution in [0.2, 0.25) is 0 Å². The van der Waals surface area contributed by atoms with Crippen molar-refractivity contribution in [2.24, 2.45) is 0 Å². The van der Waals surface area contributed by atoms with E-state index < -0.39 is 0 Å². The number of fused-ring (bicyclic) bond motifs is 1. The van der Waals surface area contributed by atoms with Gasteiger partial charge in [-0.1, -0.05) is 24.3 Å². The van der Waals surface area contributed by atoms with Crippen LogP contribution in [0.5, 0.6) is 0 Å². The summed E-state index contributed by atoms with van der Waals surface area (Å²) < 4.78 is 0. The Bertz CT molecular complexity index is 405. The lowest BCUT2D eigenvalue weighted by molar-refractivity contribution is -0.121. The van der Waals surface area contributed by atoms with E-state index in [1.807, 2.05) is 0 Å². The Balaban J connectivity index is 1.96. The van der Waals surface area contributed by atoms with E-state index in [4.69, 9.17) is 0 Å². The highest BCUT2D eigenvalue weighted by Crippen LogP contribution is 2.26. The standard InChI is InChI=1S/C15H22N2O/c1-11(8-15(18)16-2)17(3)14-9-12-6-4-5-7-13(12)10-14/h4-7,11,14H,8-10H2,1-3H3,(H,16,18). The molecule has 1 aromatic rings. The molecule has 0 saturated heterocycles. The number of amides is 1. The highest BCUT2D eigenvalue weighted by atomic mass is 16.1. The van der Waals surface area contributed by atoms with Gasteiger partial charge in [-0.25, -0.2) is 0 Å². The summed E-state index contributed by atoms with van der Waals surface area (Å²) in [7, 11) is 3.82.